The van der Waals surface area contributed by atoms with Crippen molar-refractivity contribution in [1.29, 1.82) is 0 Å². The Labute approximate surface area is 138 Å². The molecule has 0 atom stereocenters. The number of nitrogens with zero attached hydrogens (tertiary/aromatic N) is 1. The first-order valence-electron chi connectivity index (χ1n) is 6.59. The summed E-state index contributed by atoms with van der Waals surface area (Å²) in [6.07, 6.45) is 3.05. The van der Waals surface area contributed by atoms with Crippen molar-refractivity contribution in [3.8, 4) is 0 Å². The fraction of sp³-hybridized carbons (Fsp3) is 0.118. The van der Waals surface area contributed by atoms with Crippen LogP contribution in [0.3, 0.4) is 0 Å². The van der Waals surface area contributed by atoms with Gasteiger partial charge in [0.2, 0.25) is 5.91 Å². The van der Waals surface area contributed by atoms with E-state index in [1.165, 1.54) is 23.1 Å². The summed E-state index contributed by atoms with van der Waals surface area (Å²) in [7, 11) is 1.68. The van der Waals surface area contributed by atoms with Crippen LogP contribution in [0, 0.1) is 5.82 Å². The first-order valence-corrected chi connectivity index (χ1v) is 7.34. The molecule has 0 N–H and O–H groups in total. The van der Waals surface area contributed by atoms with Gasteiger partial charge in [-0.2, -0.15) is 0 Å². The Morgan fingerprint density at radius 3 is 2.55 bits per heavy atom. The largest absolute Gasteiger partial charge is 0.338 e. The maximum Gasteiger partial charge on any atom is 0.246 e. The third kappa shape index (κ3) is 4.33. The molecule has 2 aromatic rings. The molecule has 0 aliphatic heterocycles. The number of halogens is 3. The molecule has 5 heteroatoms. The van der Waals surface area contributed by atoms with E-state index in [4.69, 9.17) is 23.2 Å². The molecule has 0 radical (unpaired) electrons. The molecular formula is C17H14Cl2FNO. The van der Waals surface area contributed by atoms with Crippen LogP contribution in [0.5, 0.6) is 0 Å². The third-order valence-corrected chi connectivity index (χ3v) is 3.93. The van der Waals surface area contributed by atoms with Crippen molar-refractivity contribution in [2.45, 2.75) is 6.54 Å². The molecule has 0 fully saturated rings. The van der Waals surface area contributed by atoms with Gasteiger partial charge in [-0.15, -0.1) is 0 Å². The zero-order valence-corrected chi connectivity index (χ0v) is 13.4. The van der Waals surface area contributed by atoms with Crippen LogP contribution in [-0.2, 0) is 11.3 Å². The molecule has 0 aliphatic rings. The maximum absolute atomic E-state index is 12.8. The zero-order chi connectivity index (χ0) is 16.1. The summed E-state index contributed by atoms with van der Waals surface area (Å²) in [5.74, 6) is -0.478. The van der Waals surface area contributed by atoms with E-state index in [1.54, 1.807) is 43.5 Å². The standard InChI is InChI=1S/C17H14Cl2FNO/c1-21(11-12-5-8-14(20)9-6-12)16(22)10-7-13-3-2-4-15(18)17(13)19/h2-10H,11H2,1H3/b10-7+. The maximum atomic E-state index is 12.8. The summed E-state index contributed by atoms with van der Waals surface area (Å²) in [5, 5.41) is 0.852. The van der Waals surface area contributed by atoms with Crippen LogP contribution in [-0.4, -0.2) is 17.9 Å². The topological polar surface area (TPSA) is 20.3 Å². The molecule has 0 saturated heterocycles. The molecule has 0 spiro atoms. The lowest BCUT2D eigenvalue weighted by Gasteiger charge is -2.15. The molecule has 1 amide bonds. The average molecular weight is 338 g/mol. The van der Waals surface area contributed by atoms with Gasteiger partial charge in [-0.1, -0.05) is 47.5 Å². The molecular weight excluding hydrogens is 324 g/mol. The van der Waals surface area contributed by atoms with Gasteiger partial charge in [0.25, 0.3) is 0 Å². The molecule has 0 unspecified atom stereocenters. The Morgan fingerprint density at radius 2 is 1.86 bits per heavy atom. The Hall–Kier alpha value is -1.84. The lowest BCUT2D eigenvalue weighted by Crippen LogP contribution is -2.24. The number of hydrogen-bond donors (Lipinski definition) is 0. The minimum Gasteiger partial charge on any atom is -0.338 e. The Bertz CT molecular complexity index is 698. The van der Waals surface area contributed by atoms with E-state index in [-0.39, 0.29) is 11.7 Å². The predicted molar refractivity (Wildman–Crippen MR) is 88.4 cm³/mol. The van der Waals surface area contributed by atoms with E-state index < -0.39 is 0 Å². The van der Waals surface area contributed by atoms with Crippen LogP contribution in [0.1, 0.15) is 11.1 Å². The molecule has 0 aliphatic carbocycles. The van der Waals surface area contributed by atoms with Crippen molar-refractivity contribution in [3.05, 3.63) is 75.5 Å². The first-order chi connectivity index (χ1) is 10.5. The lowest BCUT2D eigenvalue weighted by molar-refractivity contribution is -0.125. The van der Waals surface area contributed by atoms with Crippen LogP contribution in [0.2, 0.25) is 10.0 Å². The van der Waals surface area contributed by atoms with E-state index >= 15 is 0 Å². The van der Waals surface area contributed by atoms with Crippen LogP contribution < -0.4 is 0 Å². The van der Waals surface area contributed by atoms with E-state index in [2.05, 4.69) is 0 Å². The third-order valence-electron chi connectivity index (χ3n) is 3.10. The second kappa shape index (κ2) is 7.43. The fourth-order valence-corrected chi connectivity index (χ4v) is 2.25. The average Bonchev–Trinajstić information content (AvgIpc) is 2.50. The molecule has 0 bridgehead atoms. The van der Waals surface area contributed by atoms with Crippen molar-refractivity contribution < 1.29 is 9.18 Å². The van der Waals surface area contributed by atoms with Gasteiger partial charge in [0.05, 0.1) is 10.0 Å². The lowest BCUT2D eigenvalue weighted by atomic mass is 10.2. The molecule has 0 aromatic heterocycles. The number of likely N-dealkylation sites (N-methyl/N-ethyl adjacent to an activating group) is 1. The predicted octanol–water partition coefficient (Wildman–Crippen LogP) is 4.80. The summed E-state index contributed by atoms with van der Waals surface area (Å²) in [4.78, 5) is 13.6. The summed E-state index contributed by atoms with van der Waals surface area (Å²) in [6.45, 7) is 0.396. The van der Waals surface area contributed by atoms with Gasteiger partial charge < -0.3 is 4.90 Å². The van der Waals surface area contributed by atoms with Crippen LogP contribution >= 0.6 is 23.2 Å². The van der Waals surface area contributed by atoms with Crippen molar-refractivity contribution >= 4 is 35.2 Å². The Morgan fingerprint density at radius 1 is 1.18 bits per heavy atom. The normalized spacial score (nSPS) is 10.9. The number of benzene rings is 2. The van der Waals surface area contributed by atoms with Gasteiger partial charge in [0.1, 0.15) is 5.82 Å². The highest BCUT2D eigenvalue weighted by molar-refractivity contribution is 6.42. The number of amides is 1. The van der Waals surface area contributed by atoms with Crippen molar-refractivity contribution in [1.82, 2.24) is 4.90 Å². The number of carbonyl (C=O) groups excluding carboxylic acids is 1. The van der Waals surface area contributed by atoms with Crippen molar-refractivity contribution in [3.63, 3.8) is 0 Å². The molecule has 2 rings (SSSR count). The minimum atomic E-state index is -0.298. The molecule has 0 saturated carbocycles. The fourth-order valence-electron chi connectivity index (χ4n) is 1.88. The summed E-state index contributed by atoms with van der Waals surface area (Å²) in [6, 6.07) is 11.3. The van der Waals surface area contributed by atoms with Gasteiger partial charge >= 0.3 is 0 Å². The highest BCUT2D eigenvalue weighted by Crippen LogP contribution is 2.26. The second-order valence-corrected chi connectivity index (χ2v) is 5.58. The van der Waals surface area contributed by atoms with Gasteiger partial charge in [0.15, 0.2) is 0 Å². The summed E-state index contributed by atoms with van der Waals surface area (Å²) < 4.78 is 12.8. The van der Waals surface area contributed by atoms with Crippen LogP contribution in [0.15, 0.2) is 48.5 Å². The highest BCUT2D eigenvalue weighted by atomic mass is 35.5. The SMILES string of the molecule is CN(Cc1ccc(F)cc1)C(=O)/C=C/c1cccc(Cl)c1Cl. The van der Waals surface area contributed by atoms with Crippen LogP contribution in [0.4, 0.5) is 4.39 Å². The summed E-state index contributed by atoms with van der Waals surface area (Å²) in [5.41, 5.74) is 1.53. The molecule has 114 valence electrons. The molecule has 22 heavy (non-hydrogen) atoms. The number of hydrogen-bond acceptors (Lipinski definition) is 1. The zero-order valence-electron chi connectivity index (χ0n) is 11.9. The van der Waals surface area contributed by atoms with E-state index in [9.17, 15) is 9.18 Å². The minimum absolute atomic E-state index is 0.180. The molecule has 2 aromatic carbocycles. The highest BCUT2D eigenvalue weighted by Gasteiger charge is 2.07. The Kier molecular flexibility index (Phi) is 5.58. The van der Waals surface area contributed by atoms with Crippen molar-refractivity contribution in [2.75, 3.05) is 7.05 Å². The number of carbonyl (C=O) groups is 1. The van der Waals surface area contributed by atoms with E-state index in [0.717, 1.165) is 5.56 Å². The monoisotopic (exact) mass is 337 g/mol. The van der Waals surface area contributed by atoms with Gasteiger partial charge in [-0.25, -0.2) is 4.39 Å². The van der Waals surface area contributed by atoms with E-state index in [0.29, 0.717) is 22.2 Å². The molecule has 2 nitrogen and oxygen atoms in total. The second-order valence-electron chi connectivity index (χ2n) is 4.80. The first kappa shape index (κ1) is 16.5. The number of rotatable bonds is 4. The van der Waals surface area contributed by atoms with Crippen LogP contribution in [0.25, 0.3) is 6.08 Å². The van der Waals surface area contributed by atoms with Gasteiger partial charge in [-0.05, 0) is 35.4 Å². The van der Waals surface area contributed by atoms with E-state index in [1.807, 2.05) is 0 Å². The smallest absolute Gasteiger partial charge is 0.246 e. The summed E-state index contributed by atoms with van der Waals surface area (Å²) >= 11 is 12.0. The van der Waals surface area contributed by atoms with Crippen molar-refractivity contribution in [2.24, 2.45) is 0 Å². The quantitative estimate of drug-likeness (QED) is 0.733. The van der Waals surface area contributed by atoms with Gasteiger partial charge in [-0.3, -0.25) is 4.79 Å². The van der Waals surface area contributed by atoms with Gasteiger partial charge in [0, 0.05) is 19.7 Å². The Balaban J connectivity index is 2.03. The molecule has 0 heterocycles.